The van der Waals surface area contributed by atoms with Gasteiger partial charge in [0, 0.05) is 25.6 Å². The van der Waals surface area contributed by atoms with Crippen molar-refractivity contribution >= 4 is 12.6 Å². The summed E-state index contributed by atoms with van der Waals surface area (Å²) in [5, 5.41) is 18.6. The highest BCUT2D eigenvalue weighted by molar-refractivity contribution is 6.59. The van der Waals surface area contributed by atoms with Gasteiger partial charge in [-0.1, -0.05) is 0 Å². The maximum atomic E-state index is 9.31. The second-order valence-corrected chi connectivity index (χ2v) is 4.08. The normalized spacial score (nSPS) is 10.4. The highest BCUT2D eigenvalue weighted by atomic mass is 16.5. The molecule has 0 aliphatic carbocycles. The maximum absolute atomic E-state index is 9.31. The Balaban J connectivity index is 2.39. The van der Waals surface area contributed by atoms with Crippen molar-refractivity contribution in [2.24, 2.45) is 0 Å². The number of hydrogen-bond donors (Lipinski definition) is 2. The van der Waals surface area contributed by atoms with E-state index in [2.05, 4.69) is 0 Å². The molecule has 0 aliphatic rings. The fraction of sp³-hybridized carbons (Fsp3) is 0.538. The van der Waals surface area contributed by atoms with E-state index in [1.165, 1.54) is 13.2 Å². The van der Waals surface area contributed by atoms with Gasteiger partial charge in [-0.15, -0.1) is 0 Å². The van der Waals surface area contributed by atoms with Crippen molar-refractivity contribution in [3.8, 4) is 11.5 Å². The molecular weight excluding hydrogens is 263 g/mol. The minimum atomic E-state index is -1.60. The Labute approximate surface area is 119 Å². The molecule has 1 aromatic carbocycles. The smallest absolute Gasteiger partial charge is 0.492 e. The van der Waals surface area contributed by atoms with E-state index in [4.69, 9.17) is 18.9 Å². The van der Waals surface area contributed by atoms with Gasteiger partial charge < -0.3 is 29.0 Å². The quantitative estimate of drug-likeness (QED) is 0.458. The van der Waals surface area contributed by atoms with Crippen LogP contribution in [-0.4, -0.2) is 57.8 Å². The topological polar surface area (TPSA) is 77.4 Å². The molecule has 0 amide bonds. The van der Waals surface area contributed by atoms with Crippen LogP contribution in [0, 0.1) is 0 Å². The Bertz CT molecular complexity index is 385. The first kappa shape index (κ1) is 16.8. The first-order valence-corrected chi connectivity index (χ1v) is 6.42. The van der Waals surface area contributed by atoms with Crippen LogP contribution in [0.2, 0.25) is 0 Å². The van der Waals surface area contributed by atoms with E-state index in [1.807, 2.05) is 0 Å². The van der Waals surface area contributed by atoms with Gasteiger partial charge in [0.05, 0.1) is 26.9 Å². The highest BCUT2D eigenvalue weighted by Crippen LogP contribution is 2.15. The average molecular weight is 284 g/mol. The lowest BCUT2D eigenvalue weighted by molar-refractivity contribution is 0.0645. The predicted molar refractivity (Wildman–Crippen MR) is 75.6 cm³/mol. The van der Waals surface area contributed by atoms with Crippen LogP contribution in [-0.2, 0) is 9.47 Å². The standard InChI is InChI=1S/C13H21BO6/c1-17-8-9-19-6-3-7-20-13-5-4-11(18-2)10-12(13)14(15)16/h4-5,10,15-16H,3,6-9H2,1-2H3. The van der Waals surface area contributed by atoms with Crippen LogP contribution < -0.4 is 14.9 Å². The van der Waals surface area contributed by atoms with Crippen LogP contribution in [0.25, 0.3) is 0 Å². The lowest BCUT2D eigenvalue weighted by Gasteiger charge is -2.12. The zero-order valence-corrected chi connectivity index (χ0v) is 11.9. The van der Waals surface area contributed by atoms with E-state index in [9.17, 15) is 10.0 Å². The van der Waals surface area contributed by atoms with E-state index in [-0.39, 0.29) is 5.46 Å². The summed E-state index contributed by atoms with van der Waals surface area (Å²) in [6, 6.07) is 4.89. The van der Waals surface area contributed by atoms with E-state index < -0.39 is 7.12 Å². The Morgan fingerprint density at radius 2 is 1.85 bits per heavy atom. The summed E-state index contributed by atoms with van der Waals surface area (Å²) < 4.78 is 20.7. The minimum absolute atomic E-state index is 0.282. The monoisotopic (exact) mass is 284 g/mol. The third-order valence-electron chi connectivity index (χ3n) is 2.62. The lowest BCUT2D eigenvalue weighted by atomic mass is 9.79. The van der Waals surface area contributed by atoms with E-state index in [0.717, 1.165) is 0 Å². The maximum Gasteiger partial charge on any atom is 0.492 e. The van der Waals surface area contributed by atoms with Gasteiger partial charge >= 0.3 is 7.12 Å². The van der Waals surface area contributed by atoms with Gasteiger partial charge in [0.15, 0.2) is 0 Å². The molecule has 20 heavy (non-hydrogen) atoms. The molecule has 0 radical (unpaired) electrons. The van der Waals surface area contributed by atoms with Crippen LogP contribution in [0.4, 0.5) is 0 Å². The van der Waals surface area contributed by atoms with Gasteiger partial charge in [-0.3, -0.25) is 0 Å². The number of ether oxygens (including phenoxy) is 4. The van der Waals surface area contributed by atoms with Crippen LogP contribution >= 0.6 is 0 Å². The second kappa shape index (κ2) is 9.60. The molecule has 6 nitrogen and oxygen atoms in total. The summed E-state index contributed by atoms with van der Waals surface area (Å²) in [5.41, 5.74) is 0.282. The largest absolute Gasteiger partial charge is 0.497 e. The molecule has 0 saturated carbocycles. The van der Waals surface area contributed by atoms with Crippen molar-refractivity contribution in [1.82, 2.24) is 0 Å². The Kier molecular flexibility index (Phi) is 8.05. The van der Waals surface area contributed by atoms with Gasteiger partial charge in [-0.05, 0) is 18.2 Å². The fourth-order valence-electron chi connectivity index (χ4n) is 1.57. The van der Waals surface area contributed by atoms with Crippen molar-refractivity contribution in [3.05, 3.63) is 18.2 Å². The van der Waals surface area contributed by atoms with Gasteiger partial charge in [-0.25, -0.2) is 0 Å². The van der Waals surface area contributed by atoms with E-state index in [0.29, 0.717) is 44.3 Å². The molecule has 0 saturated heterocycles. The molecule has 1 aromatic rings. The molecule has 0 unspecified atom stereocenters. The molecule has 0 fully saturated rings. The van der Waals surface area contributed by atoms with Crippen molar-refractivity contribution in [2.45, 2.75) is 6.42 Å². The molecule has 0 aliphatic heterocycles. The van der Waals surface area contributed by atoms with Crippen LogP contribution in [0.15, 0.2) is 18.2 Å². The SMILES string of the molecule is COCCOCCCOc1ccc(OC)cc1B(O)O. The van der Waals surface area contributed by atoms with E-state index in [1.54, 1.807) is 19.2 Å². The summed E-state index contributed by atoms with van der Waals surface area (Å²) in [7, 11) is 1.54. The van der Waals surface area contributed by atoms with Crippen molar-refractivity contribution in [2.75, 3.05) is 40.6 Å². The molecular formula is C13H21BO6. The Morgan fingerprint density at radius 1 is 1.05 bits per heavy atom. The zero-order valence-electron chi connectivity index (χ0n) is 11.9. The van der Waals surface area contributed by atoms with Gasteiger partial charge in [0.2, 0.25) is 0 Å². The third kappa shape index (κ3) is 5.79. The van der Waals surface area contributed by atoms with Crippen molar-refractivity contribution in [1.29, 1.82) is 0 Å². The molecule has 0 spiro atoms. The minimum Gasteiger partial charge on any atom is -0.497 e. The Hall–Kier alpha value is -1.28. The highest BCUT2D eigenvalue weighted by Gasteiger charge is 2.18. The summed E-state index contributed by atoms with van der Waals surface area (Å²) >= 11 is 0. The molecule has 0 heterocycles. The fourth-order valence-corrected chi connectivity index (χ4v) is 1.57. The molecule has 7 heteroatoms. The Morgan fingerprint density at radius 3 is 2.50 bits per heavy atom. The summed E-state index contributed by atoms with van der Waals surface area (Å²) in [6.07, 6.45) is 0.705. The number of rotatable bonds is 10. The van der Waals surface area contributed by atoms with Gasteiger partial charge in [0.25, 0.3) is 0 Å². The van der Waals surface area contributed by atoms with E-state index >= 15 is 0 Å². The third-order valence-corrected chi connectivity index (χ3v) is 2.62. The molecule has 0 atom stereocenters. The molecule has 0 bridgehead atoms. The first-order chi connectivity index (χ1) is 9.69. The number of benzene rings is 1. The molecule has 112 valence electrons. The molecule has 1 rings (SSSR count). The van der Waals surface area contributed by atoms with Crippen LogP contribution in [0.3, 0.4) is 0 Å². The number of hydrogen-bond acceptors (Lipinski definition) is 6. The summed E-state index contributed by atoms with van der Waals surface area (Å²) in [4.78, 5) is 0. The van der Waals surface area contributed by atoms with Gasteiger partial charge in [-0.2, -0.15) is 0 Å². The van der Waals surface area contributed by atoms with Crippen molar-refractivity contribution < 1.29 is 29.0 Å². The van der Waals surface area contributed by atoms with Crippen LogP contribution in [0.5, 0.6) is 11.5 Å². The van der Waals surface area contributed by atoms with Crippen LogP contribution in [0.1, 0.15) is 6.42 Å². The molecule has 0 aromatic heterocycles. The lowest BCUT2D eigenvalue weighted by Crippen LogP contribution is -2.31. The van der Waals surface area contributed by atoms with Crippen molar-refractivity contribution in [3.63, 3.8) is 0 Å². The summed E-state index contributed by atoms with van der Waals surface area (Å²) in [6.45, 7) is 2.12. The van der Waals surface area contributed by atoms with Gasteiger partial charge in [0.1, 0.15) is 11.5 Å². The molecule has 2 N–H and O–H groups in total. The second-order valence-electron chi connectivity index (χ2n) is 4.08. The first-order valence-electron chi connectivity index (χ1n) is 6.42. The number of methoxy groups -OCH3 is 2. The average Bonchev–Trinajstić information content (AvgIpc) is 2.46. The summed E-state index contributed by atoms with van der Waals surface area (Å²) in [5.74, 6) is 0.973. The predicted octanol–water partition coefficient (Wildman–Crippen LogP) is -0.193. The zero-order chi connectivity index (χ0) is 14.8.